The summed E-state index contributed by atoms with van der Waals surface area (Å²) in [6.07, 6.45) is 1.28. The van der Waals surface area contributed by atoms with Crippen LogP contribution >= 0.6 is 11.6 Å². The van der Waals surface area contributed by atoms with Crippen LogP contribution in [0.5, 0.6) is 5.75 Å². The molecule has 90 valence electrons. The lowest BCUT2D eigenvalue weighted by molar-refractivity contribution is 0.377. The average molecular weight is 273 g/mol. The first-order valence-electron chi connectivity index (χ1n) is 4.67. The Kier molecular flexibility index (Phi) is 3.08. The van der Waals surface area contributed by atoms with Crippen molar-refractivity contribution >= 4 is 27.3 Å². The molecule has 0 atom stereocenters. The van der Waals surface area contributed by atoms with E-state index < -0.39 is 10.0 Å². The van der Waals surface area contributed by atoms with E-state index >= 15 is 0 Å². The molecule has 0 aliphatic carbocycles. The molecule has 5 nitrogen and oxygen atoms in total. The molecule has 0 saturated heterocycles. The molecular formula is C10H9ClN2O3S. The van der Waals surface area contributed by atoms with Crippen LogP contribution in [0.4, 0.5) is 0 Å². The average Bonchev–Trinajstić information content (AvgIpc) is 2.52. The molecule has 2 rings (SSSR count). The van der Waals surface area contributed by atoms with E-state index in [1.807, 2.05) is 0 Å². The molecule has 0 fully saturated rings. The quantitative estimate of drug-likeness (QED) is 0.899. The molecule has 1 aromatic carbocycles. The minimum absolute atomic E-state index is 0.0432. The Morgan fingerprint density at radius 3 is 2.47 bits per heavy atom. The Labute approximate surface area is 104 Å². The third-order valence-corrected chi connectivity index (χ3v) is 3.48. The number of rotatable bonds is 3. The van der Waals surface area contributed by atoms with Crippen LogP contribution in [-0.4, -0.2) is 20.7 Å². The fourth-order valence-electron chi connectivity index (χ4n) is 1.23. The van der Waals surface area contributed by atoms with E-state index in [1.165, 1.54) is 6.08 Å². The van der Waals surface area contributed by atoms with Crippen LogP contribution < -0.4 is 10.5 Å². The fourth-order valence-corrected chi connectivity index (χ4v) is 2.16. The lowest BCUT2D eigenvalue weighted by Gasteiger charge is -2.03. The van der Waals surface area contributed by atoms with Gasteiger partial charge in [-0.25, -0.2) is 0 Å². The van der Waals surface area contributed by atoms with Crippen LogP contribution in [0.2, 0.25) is 5.02 Å². The zero-order chi connectivity index (χ0) is 12.5. The second-order valence-electron chi connectivity index (χ2n) is 3.35. The topological polar surface area (TPSA) is 81.8 Å². The number of hydrogen-bond donors (Lipinski definition) is 1. The number of hydrogen-bond acceptors (Lipinski definition) is 4. The summed E-state index contributed by atoms with van der Waals surface area (Å²) in [5.41, 5.74) is 5.55. The van der Waals surface area contributed by atoms with Gasteiger partial charge in [-0.1, -0.05) is 11.6 Å². The number of benzene rings is 1. The van der Waals surface area contributed by atoms with Crippen LogP contribution in [0.25, 0.3) is 0 Å². The molecule has 17 heavy (non-hydrogen) atoms. The summed E-state index contributed by atoms with van der Waals surface area (Å²) in [6.45, 7) is 0.0432. The molecule has 0 aromatic heterocycles. The van der Waals surface area contributed by atoms with Crippen LogP contribution in [-0.2, 0) is 10.0 Å². The van der Waals surface area contributed by atoms with Crippen molar-refractivity contribution in [2.45, 2.75) is 0 Å². The summed E-state index contributed by atoms with van der Waals surface area (Å²) in [5.74, 6) is 0.577. The zero-order valence-corrected chi connectivity index (χ0v) is 10.2. The molecule has 1 heterocycles. The Morgan fingerprint density at radius 1 is 1.29 bits per heavy atom. The maximum Gasteiger partial charge on any atom is 0.297 e. The predicted molar refractivity (Wildman–Crippen MR) is 65.6 cm³/mol. The summed E-state index contributed by atoms with van der Waals surface area (Å²) in [5, 5.41) is 0.342. The summed E-state index contributed by atoms with van der Waals surface area (Å²) in [7, 11) is -3.66. The molecule has 0 bridgehead atoms. The van der Waals surface area contributed by atoms with Crippen molar-refractivity contribution in [3.63, 3.8) is 0 Å². The van der Waals surface area contributed by atoms with Crippen molar-refractivity contribution in [2.75, 3.05) is 6.61 Å². The summed E-state index contributed by atoms with van der Waals surface area (Å²) in [4.78, 5) is 0. The molecular weight excluding hydrogens is 264 g/mol. The number of ether oxygens (including phenoxy) is 1. The van der Waals surface area contributed by atoms with Crippen molar-refractivity contribution in [2.24, 2.45) is 10.1 Å². The maximum absolute atomic E-state index is 11.2. The third-order valence-electron chi connectivity index (χ3n) is 2.04. The van der Waals surface area contributed by atoms with Crippen molar-refractivity contribution in [3.05, 3.63) is 40.4 Å². The Morgan fingerprint density at radius 2 is 1.94 bits per heavy atom. The van der Waals surface area contributed by atoms with Crippen molar-refractivity contribution < 1.29 is 13.2 Å². The molecule has 0 amide bonds. The summed E-state index contributed by atoms with van der Waals surface area (Å²) < 4.78 is 31.1. The first kappa shape index (κ1) is 11.9. The highest BCUT2D eigenvalue weighted by molar-refractivity contribution is 7.94. The lowest BCUT2D eigenvalue weighted by Crippen LogP contribution is -2.07. The molecule has 1 aliphatic heterocycles. The van der Waals surface area contributed by atoms with Gasteiger partial charge >= 0.3 is 0 Å². The van der Waals surface area contributed by atoms with Crippen LogP contribution in [0.3, 0.4) is 0 Å². The van der Waals surface area contributed by atoms with E-state index in [0.29, 0.717) is 10.8 Å². The Bertz CT molecular complexity index is 590. The normalized spacial score (nSPS) is 17.5. The van der Waals surface area contributed by atoms with E-state index in [1.54, 1.807) is 24.3 Å². The SMILES string of the molecule is NC1=CC(COc2ccc(Cl)cc2)=NS1(=O)=O. The van der Waals surface area contributed by atoms with Gasteiger partial charge in [0, 0.05) is 11.1 Å². The van der Waals surface area contributed by atoms with Crippen LogP contribution in [0.1, 0.15) is 0 Å². The van der Waals surface area contributed by atoms with E-state index in [0.717, 1.165) is 0 Å². The van der Waals surface area contributed by atoms with Gasteiger partial charge in [-0.15, -0.1) is 0 Å². The highest BCUT2D eigenvalue weighted by atomic mass is 35.5. The highest BCUT2D eigenvalue weighted by Crippen LogP contribution is 2.17. The van der Waals surface area contributed by atoms with Gasteiger partial charge in [-0.05, 0) is 24.3 Å². The standard InChI is InChI=1S/C10H9ClN2O3S/c11-7-1-3-9(4-2-7)16-6-8-5-10(12)17(14,15)13-8/h1-5H,6,12H2. The van der Waals surface area contributed by atoms with Gasteiger partial charge in [-0.2, -0.15) is 12.8 Å². The molecule has 1 aliphatic rings. The molecule has 0 radical (unpaired) electrons. The monoisotopic (exact) mass is 272 g/mol. The molecule has 0 spiro atoms. The molecule has 2 N–H and O–H groups in total. The summed E-state index contributed by atoms with van der Waals surface area (Å²) in [6, 6.07) is 6.71. The zero-order valence-electron chi connectivity index (χ0n) is 8.63. The Balaban J connectivity index is 2.03. The van der Waals surface area contributed by atoms with Gasteiger partial charge in [0.15, 0.2) is 5.03 Å². The van der Waals surface area contributed by atoms with Gasteiger partial charge in [0.25, 0.3) is 10.0 Å². The number of sulfonamides is 1. The number of halogens is 1. The van der Waals surface area contributed by atoms with Gasteiger partial charge in [-0.3, -0.25) is 0 Å². The lowest BCUT2D eigenvalue weighted by atomic mass is 10.3. The third kappa shape index (κ3) is 2.78. The Hall–Kier alpha value is -1.53. The van der Waals surface area contributed by atoms with Crippen molar-refractivity contribution in [3.8, 4) is 5.75 Å². The predicted octanol–water partition coefficient (Wildman–Crippen LogP) is 1.30. The molecule has 1 aromatic rings. The molecule has 7 heteroatoms. The second kappa shape index (κ2) is 4.38. The minimum atomic E-state index is -3.66. The largest absolute Gasteiger partial charge is 0.487 e. The van der Waals surface area contributed by atoms with E-state index in [2.05, 4.69) is 4.40 Å². The van der Waals surface area contributed by atoms with Crippen LogP contribution in [0.15, 0.2) is 39.8 Å². The van der Waals surface area contributed by atoms with Gasteiger partial charge in [0.05, 0.1) is 5.71 Å². The van der Waals surface area contributed by atoms with Gasteiger partial charge in [0.1, 0.15) is 12.4 Å². The molecule has 0 unspecified atom stereocenters. The van der Waals surface area contributed by atoms with Gasteiger partial charge in [0.2, 0.25) is 0 Å². The first-order chi connectivity index (χ1) is 7.97. The van der Waals surface area contributed by atoms with Crippen LogP contribution in [0, 0.1) is 0 Å². The first-order valence-corrected chi connectivity index (χ1v) is 6.48. The second-order valence-corrected chi connectivity index (χ2v) is 5.39. The van der Waals surface area contributed by atoms with E-state index in [4.69, 9.17) is 22.1 Å². The van der Waals surface area contributed by atoms with E-state index in [9.17, 15) is 8.42 Å². The van der Waals surface area contributed by atoms with Gasteiger partial charge < -0.3 is 10.5 Å². The minimum Gasteiger partial charge on any atom is -0.487 e. The van der Waals surface area contributed by atoms with E-state index in [-0.39, 0.29) is 17.3 Å². The smallest absolute Gasteiger partial charge is 0.297 e. The van der Waals surface area contributed by atoms with Crippen molar-refractivity contribution in [1.82, 2.24) is 0 Å². The highest BCUT2D eigenvalue weighted by Gasteiger charge is 2.21. The molecule has 0 saturated carbocycles. The summed E-state index contributed by atoms with van der Waals surface area (Å²) >= 11 is 5.71. The maximum atomic E-state index is 11.2. The number of nitrogens with zero attached hydrogens (tertiary/aromatic N) is 1. The fraction of sp³-hybridized carbons (Fsp3) is 0.100. The number of nitrogens with two attached hydrogens (primary N) is 1. The van der Waals surface area contributed by atoms with Crippen molar-refractivity contribution in [1.29, 1.82) is 0 Å².